The Labute approximate surface area is 133 Å². The number of thioether (sulfide) groups is 1. The highest BCUT2D eigenvalue weighted by molar-refractivity contribution is 8.00. The molecule has 0 spiro atoms. The number of hydrogen-bond donors (Lipinski definition) is 1. The predicted octanol–water partition coefficient (Wildman–Crippen LogP) is 4.35. The van der Waals surface area contributed by atoms with Gasteiger partial charge in [-0.3, -0.25) is 4.79 Å². The second-order valence-electron chi connectivity index (χ2n) is 4.96. The van der Waals surface area contributed by atoms with Gasteiger partial charge < -0.3 is 5.32 Å². The van der Waals surface area contributed by atoms with Crippen molar-refractivity contribution in [3.05, 3.63) is 66.7 Å². The summed E-state index contributed by atoms with van der Waals surface area (Å²) in [6.45, 7) is 1.89. The van der Waals surface area contributed by atoms with E-state index in [9.17, 15) is 4.79 Å². The maximum absolute atomic E-state index is 12.2. The number of para-hydroxylation sites is 2. The van der Waals surface area contributed by atoms with Gasteiger partial charge in [0.2, 0.25) is 5.91 Å². The number of nitrogens with one attached hydrogen (secondary N) is 1. The number of amides is 1. The molecule has 0 aliphatic rings. The van der Waals surface area contributed by atoms with Crippen LogP contribution in [-0.4, -0.2) is 16.1 Å². The van der Waals surface area contributed by atoms with Crippen LogP contribution in [0, 0.1) is 0 Å². The van der Waals surface area contributed by atoms with Crippen LogP contribution in [0.1, 0.15) is 6.92 Å². The summed E-state index contributed by atoms with van der Waals surface area (Å²) in [4.78, 5) is 16.8. The molecule has 0 aliphatic carbocycles. The molecule has 0 fully saturated rings. The van der Waals surface area contributed by atoms with Crippen molar-refractivity contribution in [3.63, 3.8) is 0 Å². The summed E-state index contributed by atoms with van der Waals surface area (Å²) in [6.07, 6.45) is 0. The van der Waals surface area contributed by atoms with Crippen LogP contribution >= 0.6 is 11.8 Å². The number of rotatable bonds is 4. The number of pyridine rings is 1. The van der Waals surface area contributed by atoms with Crippen LogP contribution < -0.4 is 5.32 Å². The van der Waals surface area contributed by atoms with Gasteiger partial charge in [0, 0.05) is 11.1 Å². The first-order chi connectivity index (χ1) is 10.7. The standard InChI is InChI=1S/C18H16N2OS/c1-13(18(21)19-15-8-3-2-4-9-15)22-17-12-11-14-7-5-6-10-16(14)20-17/h2-13H,1H3,(H,19,21)/t13-/m1/s1. The van der Waals surface area contributed by atoms with E-state index < -0.39 is 0 Å². The van der Waals surface area contributed by atoms with E-state index in [-0.39, 0.29) is 11.2 Å². The van der Waals surface area contributed by atoms with E-state index in [1.165, 1.54) is 11.8 Å². The monoisotopic (exact) mass is 308 g/mol. The van der Waals surface area contributed by atoms with Crippen LogP contribution in [0.5, 0.6) is 0 Å². The van der Waals surface area contributed by atoms with Crippen molar-refractivity contribution in [2.24, 2.45) is 0 Å². The molecule has 0 saturated heterocycles. The lowest BCUT2D eigenvalue weighted by atomic mass is 10.2. The Morgan fingerprint density at radius 3 is 2.55 bits per heavy atom. The molecule has 0 aliphatic heterocycles. The molecule has 110 valence electrons. The zero-order chi connectivity index (χ0) is 15.4. The maximum atomic E-state index is 12.2. The molecule has 3 nitrogen and oxygen atoms in total. The molecule has 4 heteroatoms. The predicted molar refractivity (Wildman–Crippen MR) is 92.1 cm³/mol. The van der Waals surface area contributed by atoms with E-state index in [2.05, 4.69) is 10.3 Å². The molecule has 3 rings (SSSR count). The Morgan fingerprint density at radius 1 is 1.00 bits per heavy atom. The molecule has 0 unspecified atom stereocenters. The highest BCUT2D eigenvalue weighted by Gasteiger charge is 2.15. The molecule has 0 radical (unpaired) electrons. The van der Waals surface area contributed by atoms with Crippen LogP contribution in [0.15, 0.2) is 71.8 Å². The van der Waals surface area contributed by atoms with Gasteiger partial charge in [-0.15, -0.1) is 0 Å². The fourth-order valence-corrected chi connectivity index (χ4v) is 2.94. The second kappa shape index (κ2) is 6.62. The van der Waals surface area contributed by atoms with E-state index in [1.54, 1.807) is 0 Å². The van der Waals surface area contributed by atoms with Crippen molar-refractivity contribution < 1.29 is 4.79 Å². The van der Waals surface area contributed by atoms with Gasteiger partial charge in [0.25, 0.3) is 0 Å². The van der Waals surface area contributed by atoms with Crippen LogP contribution in [0.25, 0.3) is 10.9 Å². The SMILES string of the molecule is C[C@@H](Sc1ccc2ccccc2n1)C(=O)Nc1ccccc1. The van der Waals surface area contributed by atoms with E-state index in [0.29, 0.717) is 0 Å². The molecular weight excluding hydrogens is 292 g/mol. The number of nitrogens with zero attached hydrogens (tertiary/aromatic N) is 1. The molecule has 0 bridgehead atoms. The van der Waals surface area contributed by atoms with E-state index in [1.807, 2.05) is 73.7 Å². The number of aromatic nitrogens is 1. The normalized spacial score (nSPS) is 12.0. The molecule has 22 heavy (non-hydrogen) atoms. The third-order valence-corrected chi connectivity index (χ3v) is 4.32. The molecule has 1 N–H and O–H groups in total. The minimum Gasteiger partial charge on any atom is -0.325 e. The first-order valence-corrected chi connectivity index (χ1v) is 7.99. The largest absolute Gasteiger partial charge is 0.325 e. The van der Waals surface area contributed by atoms with Crippen molar-refractivity contribution in [3.8, 4) is 0 Å². The number of carbonyl (C=O) groups is 1. The molecule has 1 amide bonds. The number of hydrogen-bond acceptors (Lipinski definition) is 3. The summed E-state index contributed by atoms with van der Waals surface area (Å²) < 4.78 is 0. The summed E-state index contributed by atoms with van der Waals surface area (Å²) in [7, 11) is 0. The van der Waals surface area contributed by atoms with Crippen molar-refractivity contribution >= 4 is 34.3 Å². The average molecular weight is 308 g/mol. The molecule has 2 aromatic carbocycles. The molecule has 0 saturated carbocycles. The number of anilines is 1. The van der Waals surface area contributed by atoms with Crippen molar-refractivity contribution in [1.82, 2.24) is 4.98 Å². The first kappa shape index (κ1) is 14.6. The lowest BCUT2D eigenvalue weighted by Gasteiger charge is -2.11. The van der Waals surface area contributed by atoms with Crippen molar-refractivity contribution in [1.29, 1.82) is 0 Å². The molecular formula is C18H16N2OS. The quantitative estimate of drug-likeness (QED) is 0.728. The first-order valence-electron chi connectivity index (χ1n) is 7.11. The van der Waals surface area contributed by atoms with Gasteiger partial charge in [0.15, 0.2) is 0 Å². The van der Waals surface area contributed by atoms with Gasteiger partial charge in [-0.25, -0.2) is 4.98 Å². The van der Waals surface area contributed by atoms with Crippen LogP contribution in [0.2, 0.25) is 0 Å². The second-order valence-corrected chi connectivity index (χ2v) is 6.32. The number of carbonyl (C=O) groups excluding carboxylic acids is 1. The third kappa shape index (κ3) is 3.46. The zero-order valence-electron chi connectivity index (χ0n) is 12.2. The van der Waals surface area contributed by atoms with Crippen molar-refractivity contribution in [2.75, 3.05) is 5.32 Å². The topological polar surface area (TPSA) is 42.0 Å². The van der Waals surface area contributed by atoms with Gasteiger partial charge >= 0.3 is 0 Å². The van der Waals surface area contributed by atoms with Gasteiger partial charge in [-0.2, -0.15) is 0 Å². The minimum absolute atomic E-state index is 0.0221. The highest BCUT2D eigenvalue weighted by Crippen LogP contribution is 2.24. The summed E-state index contributed by atoms with van der Waals surface area (Å²) in [5, 5.41) is 4.66. The smallest absolute Gasteiger partial charge is 0.237 e. The summed E-state index contributed by atoms with van der Waals surface area (Å²) in [5.74, 6) is -0.0221. The Kier molecular flexibility index (Phi) is 4.39. The lowest BCUT2D eigenvalue weighted by Crippen LogP contribution is -2.22. The summed E-state index contributed by atoms with van der Waals surface area (Å²) in [5.41, 5.74) is 1.76. The van der Waals surface area contributed by atoms with Crippen LogP contribution in [0.3, 0.4) is 0 Å². The summed E-state index contributed by atoms with van der Waals surface area (Å²) in [6, 6.07) is 21.4. The Bertz CT molecular complexity index is 789. The van der Waals surface area contributed by atoms with Gasteiger partial charge in [-0.1, -0.05) is 54.2 Å². The van der Waals surface area contributed by atoms with Gasteiger partial charge in [0.1, 0.15) is 0 Å². The average Bonchev–Trinajstić information content (AvgIpc) is 2.55. The molecule has 1 heterocycles. The van der Waals surface area contributed by atoms with E-state index in [4.69, 9.17) is 0 Å². The molecule has 1 aromatic heterocycles. The van der Waals surface area contributed by atoms with Gasteiger partial charge in [-0.05, 0) is 31.2 Å². The van der Waals surface area contributed by atoms with E-state index >= 15 is 0 Å². The number of fused-ring (bicyclic) bond motifs is 1. The van der Waals surface area contributed by atoms with E-state index in [0.717, 1.165) is 21.6 Å². The van der Waals surface area contributed by atoms with Gasteiger partial charge in [0.05, 0.1) is 15.8 Å². The highest BCUT2D eigenvalue weighted by atomic mass is 32.2. The minimum atomic E-state index is -0.214. The third-order valence-electron chi connectivity index (χ3n) is 3.28. The zero-order valence-corrected chi connectivity index (χ0v) is 13.0. The fraction of sp³-hybridized carbons (Fsp3) is 0.111. The Balaban J connectivity index is 1.69. The molecule has 3 aromatic rings. The molecule has 1 atom stereocenters. The lowest BCUT2D eigenvalue weighted by molar-refractivity contribution is -0.115. The van der Waals surface area contributed by atoms with Crippen molar-refractivity contribution in [2.45, 2.75) is 17.2 Å². The fourth-order valence-electron chi connectivity index (χ4n) is 2.11. The maximum Gasteiger partial charge on any atom is 0.237 e. The summed E-state index contributed by atoms with van der Waals surface area (Å²) >= 11 is 1.46. The Morgan fingerprint density at radius 2 is 1.73 bits per heavy atom. The van der Waals surface area contributed by atoms with Crippen LogP contribution in [-0.2, 0) is 4.79 Å². The van der Waals surface area contributed by atoms with Crippen LogP contribution in [0.4, 0.5) is 5.69 Å². The Hall–Kier alpha value is -2.33. The number of benzene rings is 2.